The van der Waals surface area contributed by atoms with Gasteiger partial charge < -0.3 is 4.74 Å². The zero-order valence-electron chi connectivity index (χ0n) is 7.86. The Labute approximate surface area is 77.8 Å². The van der Waals surface area contributed by atoms with Crippen LogP contribution in [0.3, 0.4) is 0 Å². The molecule has 1 heterocycles. The number of pyridine rings is 1. The predicted molar refractivity (Wildman–Crippen MR) is 49.3 cm³/mol. The molecule has 70 valence electrons. The minimum Gasteiger partial charge on any atom is -0.407 e. The molecule has 0 aliphatic rings. The molecule has 3 heteroatoms. The molecule has 1 aromatic heterocycles. The molecule has 0 unspecified atom stereocenters. The van der Waals surface area contributed by atoms with E-state index in [9.17, 15) is 4.79 Å². The second kappa shape index (κ2) is 4.60. The lowest BCUT2D eigenvalue weighted by atomic mass is 10.1. The third-order valence-corrected chi connectivity index (χ3v) is 1.43. The predicted octanol–water partition coefficient (Wildman–Crippen LogP) is 2.03. The second-order valence-corrected chi connectivity index (χ2v) is 3.24. The van der Waals surface area contributed by atoms with Crippen molar-refractivity contribution in [3.05, 3.63) is 24.4 Å². The fourth-order valence-corrected chi connectivity index (χ4v) is 0.899. The van der Waals surface area contributed by atoms with Crippen LogP contribution in [-0.4, -0.2) is 11.0 Å². The lowest BCUT2D eigenvalue weighted by molar-refractivity contribution is -0.135. The van der Waals surface area contributed by atoms with Crippen molar-refractivity contribution in [1.29, 1.82) is 0 Å². The molecule has 1 aromatic rings. The van der Waals surface area contributed by atoms with Crippen molar-refractivity contribution in [3.63, 3.8) is 0 Å². The second-order valence-electron chi connectivity index (χ2n) is 3.24. The molecule has 1 rings (SSSR count). The monoisotopic (exact) mass is 179 g/mol. The van der Waals surface area contributed by atoms with Gasteiger partial charge in [-0.05, 0) is 12.0 Å². The Hall–Kier alpha value is -1.38. The number of nitrogens with zero attached hydrogens (tertiary/aromatic N) is 1. The molecule has 0 aromatic carbocycles. The zero-order chi connectivity index (χ0) is 9.68. The molecule has 0 atom stereocenters. The van der Waals surface area contributed by atoms with E-state index in [1.54, 1.807) is 24.4 Å². The van der Waals surface area contributed by atoms with Gasteiger partial charge >= 0.3 is 5.97 Å². The van der Waals surface area contributed by atoms with Crippen LogP contribution < -0.4 is 4.74 Å². The Morgan fingerprint density at radius 3 is 2.85 bits per heavy atom. The average Bonchev–Trinajstić information content (AvgIpc) is 2.04. The van der Waals surface area contributed by atoms with Crippen molar-refractivity contribution >= 4 is 5.97 Å². The number of aromatic nitrogens is 1. The van der Waals surface area contributed by atoms with Crippen LogP contribution in [0.4, 0.5) is 0 Å². The van der Waals surface area contributed by atoms with E-state index in [4.69, 9.17) is 4.74 Å². The summed E-state index contributed by atoms with van der Waals surface area (Å²) >= 11 is 0. The standard InChI is InChI=1S/C10H13NO2/c1-8(2)7-10(12)13-9-5-3-4-6-11-9/h3-6,8H,7H2,1-2H3. The van der Waals surface area contributed by atoms with Crippen molar-refractivity contribution in [2.45, 2.75) is 20.3 Å². The average molecular weight is 179 g/mol. The normalized spacial score (nSPS) is 10.1. The largest absolute Gasteiger partial charge is 0.407 e. The summed E-state index contributed by atoms with van der Waals surface area (Å²) in [6.07, 6.45) is 2.02. The molecule has 0 aliphatic carbocycles. The lowest BCUT2D eigenvalue weighted by Crippen LogP contribution is -2.11. The number of ether oxygens (including phenoxy) is 1. The molecule has 0 radical (unpaired) electrons. The van der Waals surface area contributed by atoms with Crippen molar-refractivity contribution in [3.8, 4) is 5.88 Å². The molecule has 13 heavy (non-hydrogen) atoms. The lowest BCUT2D eigenvalue weighted by Gasteiger charge is -2.04. The first-order valence-corrected chi connectivity index (χ1v) is 4.30. The smallest absolute Gasteiger partial charge is 0.312 e. The number of hydrogen-bond donors (Lipinski definition) is 0. The molecule has 0 bridgehead atoms. The summed E-state index contributed by atoms with van der Waals surface area (Å²) in [6.45, 7) is 3.94. The van der Waals surface area contributed by atoms with Crippen molar-refractivity contribution in [1.82, 2.24) is 4.98 Å². The van der Waals surface area contributed by atoms with Crippen LogP contribution in [0, 0.1) is 5.92 Å². The van der Waals surface area contributed by atoms with E-state index in [0.717, 1.165) is 0 Å². The molecule has 0 N–H and O–H groups in total. The highest BCUT2D eigenvalue weighted by atomic mass is 16.5. The van der Waals surface area contributed by atoms with Gasteiger partial charge in [-0.25, -0.2) is 4.98 Å². The molecule has 0 aliphatic heterocycles. The number of carbonyl (C=O) groups is 1. The quantitative estimate of drug-likeness (QED) is 0.666. The van der Waals surface area contributed by atoms with Crippen LogP contribution in [0.5, 0.6) is 5.88 Å². The Morgan fingerprint density at radius 2 is 2.31 bits per heavy atom. The first-order valence-electron chi connectivity index (χ1n) is 4.30. The third kappa shape index (κ3) is 3.69. The van der Waals surface area contributed by atoms with Crippen LogP contribution in [0.2, 0.25) is 0 Å². The molecule has 3 nitrogen and oxygen atoms in total. The minimum atomic E-state index is -0.228. The zero-order valence-corrected chi connectivity index (χ0v) is 7.86. The van der Waals surface area contributed by atoms with E-state index in [-0.39, 0.29) is 5.97 Å². The summed E-state index contributed by atoms with van der Waals surface area (Å²) in [4.78, 5) is 15.0. The summed E-state index contributed by atoms with van der Waals surface area (Å²) in [5.74, 6) is 0.457. The summed E-state index contributed by atoms with van der Waals surface area (Å²) in [7, 11) is 0. The number of esters is 1. The molecule has 0 saturated heterocycles. The summed E-state index contributed by atoms with van der Waals surface area (Å²) in [6, 6.07) is 5.23. The van der Waals surface area contributed by atoms with Gasteiger partial charge in [0.05, 0.1) is 0 Å². The fraction of sp³-hybridized carbons (Fsp3) is 0.400. The molecular weight excluding hydrogens is 166 g/mol. The minimum absolute atomic E-state index is 0.228. The van der Waals surface area contributed by atoms with Gasteiger partial charge in [-0.3, -0.25) is 4.79 Å². The maximum atomic E-state index is 11.2. The van der Waals surface area contributed by atoms with E-state index in [1.165, 1.54) is 0 Å². The van der Waals surface area contributed by atoms with Crippen LogP contribution in [0.25, 0.3) is 0 Å². The van der Waals surface area contributed by atoms with E-state index < -0.39 is 0 Å². The number of rotatable bonds is 3. The van der Waals surface area contributed by atoms with Crippen LogP contribution in [-0.2, 0) is 4.79 Å². The van der Waals surface area contributed by atoms with Gasteiger partial charge in [-0.1, -0.05) is 19.9 Å². The Morgan fingerprint density at radius 1 is 1.54 bits per heavy atom. The number of hydrogen-bond acceptors (Lipinski definition) is 3. The summed E-state index contributed by atoms with van der Waals surface area (Å²) < 4.78 is 4.98. The van der Waals surface area contributed by atoms with Crippen LogP contribution in [0.15, 0.2) is 24.4 Å². The Bertz CT molecular complexity index is 270. The SMILES string of the molecule is CC(C)CC(=O)Oc1ccccn1. The van der Waals surface area contributed by atoms with Crippen molar-refractivity contribution < 1.29 is 9.53 Å². The van der Waals surface area contributed by atoms with E-state index in [1.807, 2.05) is 13.8 Å². The molecule has 0 fully saturated rings. The van der Waals surface area contributed by atoms with Crippen LogP contribution >= 0.6 is 0 Å². The summed E-state index contributed by atoms with van der Waals surface area (Å²) in [5.41, 5.74) is 0. The molecular formula is C10H13NO2. The van der Waals surface area contributed by atoms with Gasteiger partial charge in [-0.15, -0.1) is 0 Å². The van der Waals surface area contributed by atoms with Gasteiger partial charge in [-0.2, -0.15) is 0 Å². The first kappa shape index (κ1) is 9.71. The van der Waals surface area contributed by atoms with Gasteiger partial charge in [0.15, 0.2) is 0 Å². The van der Waals surface area contributed by atoms with Crippen molar-refractivity contribution in [2.75, 3.05) is 0 Å². The van der Waals surface area contributed by atoms with Gasteiger partial charge in [0.1, 0.15) is 0 Å². The van der Waals surface area contributed by atoms with Crippen molar-refractivity contribution in [2.24, 2.45) is 5.92 Å². The van der Waals surface area contributed by atoms with Gasteiger partial charge in [0, 0.05) is 18.7 Å². The Kier molecular flexibility index (Phi) is 3.43. The highest BCUT2D eigenvalue weighted by Gasteiger charge is 2.07. The van der Waals surface area contributed by atoms with E-state index in [0.29, 0.717) is 18.2 Å². The maximum absolute atomic E-state index is 11.2. The summed E-state index contributed by atoms with van der Waals surface area (Å²) in [5, 5.41) is 0. The highest BCUT2D eigenvalue weighted by molar-refractivity contribution is 5.71. The Balaban J connectivity index is 2.46. The van der Waals surface area contributed by atoms with Gasteiger partial charge in [0.25, 0.3) is 0 Å². The van der Waals surface area contributed by atoms with E-state index in [2.05, 4.69) is 4.98 Å². The topological polar surface area (TPSA) is 39.2 Å². The van der Waals surface area contributed by atoms with Gasteiger partial charge in [0.2, 0.25) is 5.88 Å². The fourth-order valence-electron chi connectivity index (χ4n) is 0.899. The molecule has 0 spiro atoms. The first-order chi connectivity index (χ1) is 6.18. The molecule has 0 saturated carbocycles. The highest BCUT2D eigenvalue weighted by Crippen LogP contribution is 2.07. The van der Waals surface area contributed by atoms with E-state index >= 15 is 0 Å². The maximum Gasteiger partial charge on any atom is 0.312 e. The third-order valence-electron chi connectivity index (χ3n) is 1.43. The number of carbonyl (C=O) groups excluding carboxylic acids is 1. The van der Waals surface area contributed by atoms with Crippen LogP contribution in [0.1, 0.15) is 20.3 Å². The molecule has 0 amide bonds.